The predicted molar refractivity (Wildman–Crippen MR) is 140 cm³/mol. The largest absolute Gasteiger partial charge is 0.481 e. The van der Waals surface area contributed by atoms with E-state index < -0.39 is 25.2 Å². The molecule has 0 fully saturated rings. The van der Waals surface area contributed by atoms with Crippen LogP contribution in [0.4, 0.5) is 0 Å². The maximum absolute atomic E-state index is 12.0. The van der Waals surface area contributed by atoms with Crippen molar-refractivity contribution in [1.82, 2.24) is 0 Å². The first-order valence-corrected chi connectivity index (χ1v) is 13.7. The van der Waals surface area contributed by atoms with Crippen molar-refractivity contribution in [2.45, 2.75) is 38.1 Å². The number of nitrogens with two attached hydrogens (primary N) is 1. The van der Waals surface area contributed by atoms with E-state index in [1.807, 2.05) is 0 Å². The van der Waals surface area contributed by atoms with Crippen LogP contribution in [0.25, 0.3) is 0 Å². The highest BCUT2D eigenvalue weighted by Gasteiger charge is 2.44. The van der Waals surface area contributed by atoms with Crippen LogP contribution < -0.4 is 21.6 Å². The van der Waals surface area contributed by atoms with Gasteiger partial charge >= 0.3 is 11.9 Å². The topological polar surface area (TPSA) is 89.6 Å². The Kier molecular flexibility index (Phi) is 9.81. The van der Waals surface area contributed by atoms with E-state index in [2.05, 4.69) is 91.0 Å². The van der Waals surface area contributed by atoms with E-state index in [0.29, 0.717) is 6.61 Å². The molecule has 5 nitrogen and oxygen atoms in total. The molecule has 0 aromatic heterocycles. The SMILES string of the molecule is N[C@@H](CCC(=O)O)C(=O)OCCCCC[P+](c1ccccc1)(c1ccccc1)c1ccccc1. The van der Waals surface area contributed by atoms with E-state index in [9.17, 15) is 9.59 Å². The molecule has 3 aromatic carbocycles. The Morgan fingerprint density at radius 2 is 1.24 bits per heavy atom. The van der Waals surface area contributed by atoms with Gasteiger partial charge < -0.3 is 15.6 Å². The lowest BCUT2D eigenvalue weighted by Crippen LogP contribution is -2.33. The maximum Gasteiger partial charge on any atom is 0.322 e. The molecule has 3 N–H and O–H groups in total. The number of hydrogen-bond donors (Lipinski definition) is 2. The van der Waals surface area contributed by atoms with Crippen molar-refractivity contribution in [3.05, 3.63) is 91.0 Å². The summed E-state index contributed by atoms with van der Waals surface area (Å²) in [6.07, 6.45) is 3.64. The number of carboxylic acids is 1. The molecule has 0 amide bonds. The summed E-state index contributed by atoms with van der Waals surface area (Å²) in [6.45, 7) is 0.299. The molecular weight excluding hydrogens is 445 g/mol. The summed E-state index contributed by atoms with van der Waals surface area (Å²) in [4.78, 5) is 22.6. The molecule has 0 saturated carbocycles. The Bertz CT molecular complexity index is 931. The Labute approximate surface area is 202 Å². The molecule has 0 saturated heterocycles. The fraction of sp³-hybridized carbons (Fsp3) is 0.286. The van der Waals surface area contributed by atoms with Gasteiger partial charge in [0.1, 0.15) is 29.2 Å². The van der Waals surface area contributed by atoms with Gasteiger partial charge in [-0.2, -0.15) is 0 Å². The minimum Gasteiger partial charge on any atom is -0.481 e. The van der Waals surface area contributed by atoms with Gasteiger partial charge in [-0.15, -0.1) is 0 Å². The van der Waals surface area contributed by atoms with E-state index in [-0.39, 0.29) is 12.8 Å². The number of carbonyl (C=O) groups excluding carboxylic acids is 1. The van der Waals surface area contributed by atoms with Crippen LogP contribution in [0.3, 0.4) is 0 Å². The third kappa shape index (κ3) is 6.75. The second-order valence-electron chi connectivity index (χ2n) is 8.31. The van der Waals surface area contributed by atoms with Gasteiger partial charge in [-0.1, -0.05) is 54.6 Å². The highest BCUT2D eigenvalue weighted by atomic mass is 31.2. The van der Waals surface area contributed by atoms with Crippen molar-refractivity contribution < 1.29 is 19.4 Å². The average Bonchev–Trinajstić information content (AvgIpc) is 2.88. The molecule has 0 heterocycles. The van der Waals surface area contributed by atoms with Crippen LogP contribution in [-0.4, -0.2) is 35.9 Å². The van der Waals surface area contributed by atoms with Gasteiger partial charge in [0.05, 0.1) is 12.8 Å². The maximum atomic E-state index is 12.0. The minimum atomic E-state index is -1.84. The summed E-state index contributed by atoms with van der Waals surface area (Å²) >= 11 is 0. The van der Waals surface area contributed by atoms with Gasteiger partial charge in [-0.05, 0) is 62.1 Å². The van der Waals surface area contributed by atoms with E-state index in [1.165, 1.54) is 15.9 Å². The number of carbonyl (C=O) groups is 2. The number of carboxylic acid groups (broad SMARTS) is 1. The first kappa shape index (κ1) is 25.6. The summed E-state index contributed by atoms with van der Waals surface area (Å²) in [5.74, 6) is -1.49. The lowest BCUT2D eigenvalue weighted by atomic mass is 10.2. The smallest absolute Gasteiger partial charge is 0.322 e. The van der Waals surface area contributed by atoms with Gasteiger partial charge in [0, 0.05) is 6.42 Å². The summed E-state index contributed by atoms with van der Waals surface area (Å²) in [6, 6.07) is 31.4. The Morgan fingerprint density at radius 3 is 1.68 bits per heavy atom. The van der Waals surface area contributed by atoms with Gasteiger partial charge in [-0.3, -0.25) is 9.59 Å². The van der Waals surface area contributed by atoms with Crippen LogP contribution in [0, 0.1) is 0 Å². The Morgan fingerprint density at radius 1 is 0.765 bits per heavy atom. The van der Waals surface area contributed by atoms with Crippen LogP contribution >= 0.6 is 7.26 Å². The van der Waals surface area contributed by atoms with Gasteiger partial charge in [0.2, 0.25) is 0 Å². The monoisotopic (exact) mass is 478 g/mol. The van der Waals surface area contributed by atoms with E-state index >= 15 is 0 Å². The summed E-state index contributed by atoms with van der Waals surface area (Å²) in [5, 5.41) is 12.8. The molecule has 0 unspecified atom stereocenters. The Balaban J connectivity index is 1.68. The third-order valence-corrected chi connectivity index (χ3v) is 10.5. The van der Waals surface area contributed by atoms with Gasteiger partial charge in [0.15, 0.2) is 0 Å². The zero-order chi connectivity index (χ0) is 24.2. The first-order valence-electron chi connectivity index (χ1n) is 11.7. The third-order valence-electron chi connectivity index (χ3n) is 5.95. The van der Waals surface area contributed by atoms with Crippen LogP contribution in [0.1, 0.15) is 32.1 Å². The molecule has 0 bridgehead atoms. The fourth-order valence-electron chi connectivity index (χ4n) is 4.19. The van der Waals surface area contributed by atoms with E-state index in [0.717, 1.165) is 25.4 Å². The molecule has 0 aliphatic carbocycles. The lowest BCUT2D eigenvalue weighted by molar-refractivity contribution is -0.145. The second kappa shape index (κ2) is 13.0. The van der Waals surface area contributed by atoms with E-state index in [4.69, 9.17) is 15.6 Å². The van der Waals surface area contributed by atoms with Crippen molar-refractivity contribution in [3.63, 3.8) is 0 Å². The predicted octanol–water partition coefficient (Wildman–Crippen LogP) is 3.89. The number of benzene rings is 3. The molecule has 1 atom stereocenters. The summed E-state index contributed by atoms with van der Waals surface area (Å²) in [7, 11) is -1.84. The Hall–Kier alpha value is -3.01. The van der Waals surface area contributed by atoms with E-state index in [1.54, 1.807) is 0 Å². The quantitative estimate of drug-likeness (QED) is 0.221. The number of unbranched alkanes of at least 4 members (excludes halogenated alkanes) is 2. The van der Waals surface area contributed by atoms with Crippen molar-refractivity contribution in [1.29, 1.82) is 0 Å². The molecule has 34 heavy (non-hydrogen) atoms. The van der Waals surface area contributed by atoms with Crippen LogP contribution in [0.2, 0.25) is 0 Å². The van der Waals surface area contributed by atoms with Crippen LogP contribution in [0.15, 0.2) is 91.0 Å². The molecule has 178 valence electrons. The molecule has 6 heteroatoms. The van der Waals surface area contributed by atoms with Crippen LogP contribution in [-0.2, 0) is 14.3 Å². The number of ether oxygens (including phenoxy) is 1. The second-order valence-corrected chi connectivity index (χ2v) is 11.9. The first-order chi connectivity index (χ1) is 16.5. The summed E-state index contributed by atoms with van der Waals surface area (Å²) < 4.78 is 5.27. The minimum absolute atomic E-state index is 0.0897. The molecule has 0 spiro atoms. The number of aliphatic carboxylic acids is 1. The van der Waals surface area contributed by atoms with Crippen molar-refractivity contribution >= 4 is 35.1 Å². The average molecular weight is 479 g/mol. The van der Waals surface area contributed by atoms with Crippen molar-refractivity contribution in [2.75, 3.05) is 12.8 Å². The molecule has 0 radical (unpaired) electrons. The normalized spacial score (nSPS) is 12.1. The lowest BCUT2D eigenvalue weighted by Gasteiger charge is -2.27. The summed E-state index contributed by atoms with van der Waals surface area (Å²) in [5.41, 5.74) is 5.72. The van der Waals surface area contributed by atoms with Crippen molar-refractivity contribution in [2.24, 2.45) is 5.73 Å². The van der Waals surface area contributed by atoms with Crippen molar-refractivity contribution in [3.8, 4) is 0 Å². The van der Waals surface area contributed by atoms with Crippen LogP contribution in [0.5, 0.6) is 0 Å². The number of hydrogen-bond acceptors (Lipinski definition) is 4. The molecule has 0 aliphatic rings. The number of esters is 1. The standard InChI is InChI=1S/C28H32NO4P/c29-26(19-20-27(30)31)28(32)33-21-11-4-12-22-34(23-13-5-1-6-14-23,24-15-7-2-8-16-24)25-17-9-3-10-18-25/h1-3,5-10,13-18,26H,4,11-12,19-22,29H2/p+1/t26-/m0/s1. The highest BCUT2D eigenvalue weighted by Crippen LogP contribution is 2.55. The molecule has 3 aromatic rings. The zero-order valence-corrected chi connectivity index (χ0v) is 20.3. The highest BCUT2D eigenvalue weighted by molar-refractivity contribution is 7.95. The molecule has 3 rings (SSSR count). The molecular formula is C28H33NO4P+. The van der Waals surface area contributed by atoms with Gasteiger partial charge in [0.25, 0.3) is 0 Å². The molecule has 0 aliphatic heterocycles. The van der Waals surface area contributed by atoms with Gasteiger partial charge in [-0.25, -0.2) is 0 Å². The fourth-order valence-corrected chi connectivity index (χ4v) is 8.60. The zero-order valence-electron chi connectivity index (χ0n) is 19.4. The number of rotatable bonds is 13.